The van der Waals surface area contributed by atoms with Crippen LogP contribution in [0.25, 0.3) is 0 Å². The quantitative estimate of drug-likeness (QED) is 0.568. The monoisotopic (exact) mass is 244 g/mol. The van der Waals surface area contributed by atoms with Gasteiger partial charge in [0.1, 0.15) is 10.0 Å². The standard InChI is InChI=1S/C8H5Cl2F3O/c1-2-14-8-6(12)3(9)5(11)4(10)7(8)13/h2H2,1H3. The van der Waals surface area contributed by atoms with E-state index < -0.39 is 33.2 Å². The average Bonchev–Trinajstić information content (AvgIpc) is 2.19. The van der Waals surface area contributed by atoms with Gasteiger partial charge in [0, 0.05) is 0 Å². The molecule has 0 aliphatic heterocycles. The summed E-state index contributed by atoms with van der Waals surface area (Å²) in [5, 5.41) is -1.75. The summed E-state index contributed by atoms with van der Waals surface area (Å²) in [4.78, 5) is 0. The Kier molecular flexibility index (Phi) is 3.50. The van der Waals surface area contributed by atoms with Crippen LogP contribution >= 0.6 is 23.2 Å². The van der Waals surface area contributed by atoms with Crippen LogP contribution in [0.2, 0.25) is 10.0 Å². The third-order valence-corrected chi connectivity index (χ3v) is 2.12. The second-order valence-electron chi connectivity index (χ2n) is 2.33. The zero-order chi connectivity index (χ0) is 10.9. The molecule has 1 rings (SSSR count). The fraction of sp³-hybridized carbons (Fsp3) is 0.250. The summed E-state index contributed by atoms with van der Waals surface area (Å²) in [7, 11) is 0. The molecule has 0 aromatic heterocycles. The summed E-state index contributed by atoms with van der Waals surface area (Å²) in [6.07, 6.45) is 0. The number of ether oxygens (including phenoxy) is 1. The average molecular weight is 245 g/mol. The van der Waals surface area contributed by atoms with Crippen molar-refractivity contribution in [2.24, 2.45) is 0 Å². The lowest BCUT2D eigenvalue weighted by Gasteiger charge is -2.09. The van der Waals surface area contributed by atoms with Crippen LogP contribution < -0.4 is 4.74 Å². The van der Waals surface area contributed by atoms with Crippen LogP contribution in [0.3, 0.4) is 0 Å². The van der Waals surface area contributed by atoms with Gasteiger partial charge in [0.15, 0.2) is 23.2 Å². The molecule has 0 aliphatic carbocycles. The van der Waals surface area contributed by atoms with Crippen molar-refractivity contribution in [2.75, 3.05) is 6.61 Å². The molecular formula is C8H5Cl2F3O. The maximum Gasteiger partial charge on any atom is 0.194 e. The Labute approximate surface area is 88.4 Å². The fourth-order valence-electron chi connectivity index (χ4n) is 0.856. The van der Waals surface area contributed by atoms with Crippen molar-refractivity contribution in [1.82, 2.24) is 0 Å². The highest BCUT2D eigenvalue weighted by atomic mass is 35.5. The van der Waals surface area contributed by atoms with Gasteiger partial charge in [-0.2, -0.15) is 0 Å². The normalized spacial score (nSPS) is 10.4. The largest absolute Gasteiger partial charge is 0.488 e. The van der Waals surface area contributed by atoms with Crippen LogP contribution in [-0.4, -0.2) is 6.61 Å². The van der Waals surface area contributed by atoms with Gasteiger partial charge in [-0.1, -0.05) is 23.2 Å². The lowest BCUT2D eigenvalue weighted by molar-refractivity contribution is 0.301. The lowest BCUT2D eigenvalue weighted by atomic mass is 10.3. The fourth-order valence-corrected chi connectivity index (χ4v) is 1.26. The zero-order valence-electron chi connectivity index (χ0n) is 7.01. The van der Waals surface area contributed by atoms with E-state index in [0.717, 1.165) is 0 Å². The molecule has 14 heavy (non-hydrogen) atoms. The van der Waals surface area contributed by atoms with Crippen LogP contribution in [0.5, 0.6) is 5.75 Å². The van der Waals surface area contributed by atoms with Crippen molar-refractivity contribution in [3.63, 3.8) is 0 Å². The summed E-state index contributed by atoms with van der Waals surface area (Å²) in [5.74, 6) is -4.66. The van der Waals surface area contributed by atoms with Crippen LogP contribution in [0.15, 0.2) is 0 Å². The predicted molar refractivity (Wildman–Crippen MR) is 47.5 cm³/mol. The minimum Gasteiger partial charge on any atom is -0.488 e. The molecule has 1 aromatic carbocycles. The van der Waals surface area contributed by atoms with Crippen LogP contribution in [-0.2, 0) is 0 Å². The molecule has 0 saturated heterocycles. The van der Waals surface area contributed by atoms with Crippen molar-refractivity contribution < 1.29 is 17.9 Å². The van der Waals surface area contributed by atoms with E-state index in [2.05, 4.69) is 4.74 Å². The SMILES string of the molecule is CCOc1c(F)c(Cl)c(F)c(Cl)c1F. The Morgan fingerprint density at radius 2 is 1.43 bits per heavy atom. The van der Waals surface area contributed by atoms with Gasteiger partial charge in [0.25, 0.3) is 0 Å². The second kappa shape index (κ2) is 4.28. The van der Waals surface area contributed by atoms with Crippen molar-refractivity contribution in [1.29, 1.82) is 0 Å². The van der Waals surface area contributed by atoms with E-state index in [4.69, 9.17) is 23.2 Å². The molecular weight excluding hydrogens is 240 g/mol. The van der Waals surface area contributed by atoms with E-state index in [1.165, 1.54) is 6.92 Å². The van der Waals surface area contributed by atoms with Gasteiger partial charge in [0.2, 0.25) is 0 Å². The van der Waals surface area contributed by atoms with E-state index in [1.54, 1.807) is 0 Å². The Morgan fingerprint density at radius 3 is 1.79 bits per heavy atom. The smallest absolute Gasteiger partial charge is 0.194 e. The number of halogens is 5. The highest BCUT2D eigenvalue weighted by molar-refractivity contribution is 6.35. The molecule has 0 spiro atoms. The van der Waals surface area contributed by atoms with Gasteiger partial charge in [0.05, 0.1) is 6.61 Å². The van der Waals surface area contributed by atoms with E-state index in [9.17, 15) is 13.2 Å². The van der Waals surface area contributed by atoms with E-state index in [1.807, 2.05) is 0 Å². The van der Waals surface area contributed by atoms with Crippen molar-refractivity contribution >= 4 is 23.2 Å². The molecule has 6 heteroatoms. The van der Waals surface area contributed by atoms with Crippen LogP contribution in [0, 0.1) is 17.5 Å². The minimum absolute atomic E-state index is 0.0200. The molecule has 1 aromatic rings. The predicted octanol–water partition coefficient (Wildman–Crippen LogP) is 3.81. The molecule has 1 nitrogen and oxygen atoms in total. The van der Waals surface area contributed by atoms with Crippen LogP contribution in [0.4, 0.5) is 13.2 Å². The molecule has 0 fully saturated rings. The van der Waals surface area contributed by atoms with Gasteiger partial charge >= 0.3 is 0 Å². The van der Waals surface area contributed by atoms with Gasteiger partial charge in [-0.25, -0.2) is 13.2 Å². The first-order valence-corrected chi connectivity index (χ1v) is 4.40. The zero-order valence-corrected chi connectivity index (χ0v) is 8.52. The maximum absolute atomic E-state index is 13.1. The van der Waals surface area contributed by atoms with E-state index >= 15 is 0 Å². The highest BCUT2D eigenvalue weighted by Gasteiger charge is 2.23. The Bertz CT molecular complexity index is 339. The summed E-state index contributed by atoms with van der Waals surface area (Å²) >= 11 is 10.4. The minimum atomic E-state index is -1.33. The lowest BCUT2D eigenvalue weighted by Crippen LogP contribution is -2.01. The first-order valence-electron chi connectivity index (χ1n) is 3.64. The van der Waals surface area contributed by atoms with Crippen molar-refractivity contribution in [3.05, 3.63) is 27.5 Å². The third kappa shape index (κ3) is 1.77. The summed E-state index contributed by atoms with van der Waals surface area (Å²) < 4.78 is 43.7. The number of benzene rings is 1. The molecule has 0 heterocycles. The van der Waals surface area contributed by atoms with Gasteiger partial charge in [-0.15, -0.1) is 0 Å². The summed E-state index contributed by atoms with van der Waals surface area (Å²) in [6.45, 7) is 1.54. The van der Waals surface area contributed by atoms with E-state index in [-0.39, 0.29) is 6.61 Å². The number of rotatable bonds is 2. The third-order valence-electron chi connectivity index (χ3n) is 1.46. The molecule has 0 radical (unpaired) electrons. The van der Waals surface area contributed by atoms with Crippen molar-refractivity contribution in [3.8, 4) is 5.75 Å². The Morgan fingerprint density at radius 1 is 1.00 bits per heavy atom. The maximum atomic E-state index is 13.1. The first-order chi connectivity index (χ1) is 6.50. The van der Waals surface area contributed by atoms with E-state index in [0.29, 0.717) is 0 Å². The van der Waals surface area contributed by atoms with Gasteiger partial charge < -0.3 is 4.74 Å². The van der Waals surface area contributed by atoms with Gasteiger partial charge in [-0.3, -0.25) is 0 Å². The summed E-state index contributed by atoms with van der Waals surface area (Å²) in [6, 6.07) is 0. The number of hydrogen-bond acceptors (Lipinski definition) is 1. The Balaban J connectivity index is 3.43. The summed E-state index contributed by atoms with van der Waals surface area (Å²) in [5.41, 5.74) is 0. The first kappa shape index (κ1) is 11.5. The van der Waals surface area contributed by atoms with Gasteiger partial charge in [-0.05, 0) is 6.92 Å². The highest BCUT2D eigenvalue weighted by Crippen LogP contribution is 2.36. The molecule has 0 bridgehead atoms. The number of hydrogen-bond donors (Lipinski definition) is 0. The Hall–Kier alpha value is -0.610. The van der Waals surface area contributed by atoms with Crippen LogP contribution in [0.1, 0.15) is 6.92 Å². The van der Waals surface area contributed by atoms with Crippen molar-refractivity contribution in [2.45, 2.75) is 6.92 Å². The molecule has 0 saturated carbocycles. The second-order valence-corrected chi connectivity index (χ2v) is 3.09. The molecule has 0 unspecified atom stereocenters. The molecule has 0 atom stereocenters. The molecule has 78 valence electrons. The molecule has 0 N–H and O–H groups in total. The molecule has 0 aliphatic rings. The topological polar surface area (TPSA) is 9.23 Å². The molecule has 0 amide bonds.